The maximum atomic E-state index is 8.83. The maximum absolute atomic E-state index is 8.83. The van der Waals surface area contributed by atoms with E-state index >= 15 is 0 Å². The number of rotatable bonds is 4. The van der Waals surface area contributed by atoms with Gasteiger partial charge in [-0.05, 0) is 12.8 Å². The molecule has 1 saturated carbocycles. The average Bonchev–Trinajstić information content (AvgIpc) is 2.90. The summed E-state index contributed by atoms with van der Waals surface area (Å²) in [7, 11) is 0. The van der Waals surface area contributed by atoms with Crippen molar-refractivity contribution in [1.82, 2.24) is 24.6 Å². The number of hydrogen-bond donors (Lipinski definition) is 0. The van der Waals surface area contributed by atoms with Gasteiger partial charge in [0.15, 0.2) is 0 Å². The third-order valence-electron chi connectivity index (χ3n) is 4.64. The van der Waals surface area contributed by atoms with E-state index in [1.165, 1.54) is 24.8 Å². The largest absolute Gasteiger partial charge is 0.295 e. The first-order chi connectivity index (χ1) is 10.8. The van der Waals surface area contributed by atoms with Crippen LogP contribution in [0.1, 0.15) is 48.2 Å². The van der Waals surface area contributed by atoms with Crippen molar-refractivity contribution in [2.24, 2.45) is 0 Å². The number of aromatic nitrogens is 4. The highest BCUT2D eigenvalue weighted by Gasteiger charge is 2.29. The Kier molecular flexibility index (Phi) is 3.35. The molecule has 0 bridgehead atoms. The van der Waals surface area contributed by atoms with Gasteiger partial charge in [-0.2, -0.15) is 10.4 Å². The van der Waals surface area contributed by atoms with Crippen LogP contribution in [0.15, 0.2) is 24.8 Å². The van der Waals surface area contributed by atoms with Crippen molar-refractivity contribution < 1.29 is 0 Å². The fourth-order valence-electron chi connectivity index (χ4n) is 3.02. The fourth-order valence-corrected chi connectivity index (χ4v) is 3.02. The van der Waals surface area contributed by atoms with Gasteiger partial charge in [0.25, 0.3) is 0 Å². The van der Waals surface area contributed by atoms with Gasteiger partial charge in [0, 0.05) is 49.7 Å². The van der Waals surface area contributed by atoms with Crippen molar-refractivity contribution >= 4 is 0 Å². The zero-order valence-corrected chi connectivity index (χ0v) is 12.4. The minimum atomic E-state index is 0.372. The standard InChI is InChI=1S/C16H18N6/c17-4-12-7-20-22(9-12)15-10-21(11-15)8-13-5-18-16(19-6-13)14-2-1-3-14/h5-7,9,14-15H,1-3,8,10-11H2. The summed E-state index contributed by atoms with van der Waals surface area (Å²) in [5.41, 5.74) is 1.79. The Morgan fingerprint density at radius 3 is 2.55 bits per heavy atom. The Balaban J connectivity index is 1.31. The third kappa shape index (κ3) is 2.48. The molecule has 1 aliphatic heterocycles. The molecule has 1 saturated heterocycles. The van der Waals surface area contributed by atoms with Crippen LogP contribution in [0.25, 0.3) is 0 Å². The van der Waals surface area contributed by atoms with Crippen molar-refractivity contribution in [2.75, 3.05) is 13.1 Å². The molecular weight excluding hydrogens is 276 g/mol. The van der Waals surface area contributed by atoms with E-state index in [-0.39, 0.29) is 0 Å². The van der Waals surface area contributed by atoms with E-state index < -0.39 is 0 Å². The molecular formula is C16H18N6. The van der Waals surface area contributed by atoms with Crippen LogP contribution < -0.4 is 0 Å². The summed E-state index contributed by atoms with van der Waals surface area (Å²) in [5.74, 6) is 1.61. The molecule has 0 radical (unpaired) electrons. The van der Waals surface area contributed by atoms with Crippen LogP contribution in [0.4, 0.5) is 0 Å². The quantitative estimate of drug-likeness (QED) is 0.861. The molecule has 0 unspecified atom stereocenters. The maximum Gasteiger partial charge on any atom is 0.131 e. The van der Waals surface area contributed by atoms with Gasteiger partial charge < -0.3 is 0 Å². The van der Waals surface area contributed by atoms with Crippen LogP contribution in [-0.4, -0.2) is 37.7 Å². The van der Waals surface area contributed by atoms with E-state index in [1.807, 2.05) is 23.3 Å². The average molecular weight is 294 g/mol. The molecule has 2 aliphatic rings. The van der Waals surface area contributed by atoms with E-state index in [0.717, 1.165) is 25.5 Å². The van der Waals surface area contributed by atoms with E-state index in [4.69, 9.17) is 5.26 Å². The lowest BCUT2D eigenvalue weighted by atomic mass is 9.85. The van der Waals surface area contributed by atoms with Crippen LogP contribution in [0.3, 0.4) is 0 Å². The zero-order valence-electron chi connectivity index (χ0n) is 12.4. The molecule has 0 spiro atoms. The molecule has 22 heavy (non-hydrogen) atoms. The second kappa shape index (κ2) is 5.50. The highest BCUT2D eigenvalue weighted by Crippen LogP contribution is 2.34. The topological polar surface area (TPSA) is 70.6 Å². The van der Waals surface area contributed by atoms with Gasteiger partial charge in [-0.25, -0.2) is 9.97 Å². The Bertz CT molecular complexity index is 688. The van der Waals surface area contributed by atoms with Gasteiger partial charge in [0.1, 0.15) is 11.9 Å². The Morgan fingerprint density at radius 2 is 1.95 bits per heavy atom. The van der Waals surface area contributed by atoms with Crippen LogP contribution in [0.2, 0.25) is 0 Å². The summed E-state index contributed by atoms with van der Waals surface area (Å²) in [4.78, 5) is 11.4. The van der Waals surface area contributed by atoms with Gasteiger partial charge in [-0.15, -0.1) is 0 Å². The number of nitriles is 1. The Hall–Kier alpha value is -2.26. The third-order valence-corrected chi connectivity index (χ3v) is 4.64. The highest BCUT2D eigenvalue weighted by molar-refractivity contribution is 5.22. The van der Waals surface area contributed by atoms with Crippen LogP contribution in [0.5, 0.6) is 0 Å². The molecule has 6 heteroatoms. The minimum Gasteiger partial charge on any atom is -0.295 e. The first-order valence-corrected chi connectivity index (χ1v) is 7.79. The number of nitrogens with zero attached hydrogens (tertiary/aromatic N) is 6. The summed E-state index contributed by atoms with van der Waals surface area (Å²) in [6.07, 6.45) is 11.2. The van der Waals surface area contributed by atoms with Gasteiger partial charge >= 0.3 is 0 Å². The van der Waals surface area contributed by atoms with Crippen molar-refractivity contribution in [3.8, 4) is 6.07 Å². The van der Waals surface area contributed by atoms with Crippen LogP contribution in [-0.2, 0) is 6.54 Å². The summed E-state index contributed by atoms with van der Waals surface area (Å²) in [5, 5.41) is 13.1. The van der Waals surface area contributed by atoms with E-state index in [0.29, 0.717) is 17.5 Å². The molecule has 0 aromatic carbocycles. The smallest absolute Gasteiger partial charge is 0.131 e. The summed E-state index contributed by atoms with van der Waals surface area (Å²) >= 11 is 0. The normalized spacial score (nSPS) is 19.4. The van der Waals surface area contributed by atoms with Crippen LogP contribution >= 0.6 is 0 Å². The van der Waals surface area contributed by atoms with Crippen molar-refractivity contribution in [1.29, 1.82) is 5.26 Å². The molecule has 0 atom stereocenters. The van der Waals surface area contributed by atoms with E-state index in [9.17, 15) is 0 Å². The first-order valence-electron chi connectivity index (χ1n) is 7.79. The van der Waals surface area contributed by atoms with Gasteiger partial charge in [0.05, 0.1) is 17.8 Å². The van der Waals surface area contributed by atoms with E-state index in [1.54, 1.807) is 6.20 Å². The molecule has 0 amide bonds. The lowest BCUT2D eigenvalue weighted by Gasteiger charge is -2.39. The monoisotopic (exact) mass is 294 g/mol. The highest BCUT2D eigenvalue weighted by atomic mass is 15.4. The molecule has 1 aliphatic carbocycles. The number of likely N-dealkylation sites (tertiary alicyclic amines) is 1. The molecule has 2 aromatic heterocycles. The lowest BCUT2D eigenvalue weighted by Crippen LogP contribution is -2.47. The second-order valence-electron chi connectivity index (χ2n) is 6.25. The first kappa shape index (κ1) is 13.4. The SMILES string of the molecule is N#Cc1cnn(C2CN(Cc3cnc(C4CCC4)nc3)C2)c1. The van der Waals surface area contributed by atoms with Gasteiger partial charge in [-0.3, -0.25) is 9.58 Å². The minimum absolute atomic E-state index is 0.372. The van der Waals surface area contributed by atoms with Gasteiger partial charge in [-0.1, -0.05) is 6.42 Å². The van der Waals surface area contributed by atoms with Crippen LogP contribution in [0, 0.1) is 11.3 Å². The van der Waals surface area contributed by atoms with Gasteiger partial charge in [0.2, 0.25) is 0 Å². The predicted octanol–water partition coefficient (Wildman–Crippen LogP) is 1.87. The second-order valence-corrected chi connectivity index (χ2v) is 6.25. The summed E-state index contributed by atoms with van der Waals surface area (Å²) in [6.45, 7) is 2.79. The predicted molar refractivity (Wildman–Crippen MR) is 79.9 cm³/mol. The van der Waals surface area contributed by atoms with E-state index in [2.05, 4.69) is 26.0 Å². The number of hydrogen-bond acceptors (Lipinski definition) is 5. The molecule has 3 heterocycles. The molecule has 4 rings (SSSR count). The Morgan fingerprint density at radius 1 is 1.18 bits per heavy atom. The summed E-state index contributed by atoms with van der Waals surface area (Å²) < 4.78 is 1.89. The zero-order chi connectivity index (χ0) is 14.9. The Labute approximate surface area is 129 Å². The summed E-state index contributed by atoms with van der Waals surface area (Å²) in [6, 6.07) is 2.48. The molecule has 112 valence electrons. The lowest BCUT2D eigenvalue weighted by molar-refractivity contribution is 0.0906. The van der Waals surface area contributed by atoms with Crippen molar-refractivity contribution in [3.05, 3.63) is 41.7 Å². The molecule has 0 N–H and O–H groups in total. The molecule has 2 fully saturated rings. The molecule has 2 aromatic rings. The molecule has 6 nitrogen and oxygen atoms in total. The van der Waals surface area contributed by atoms with Crippen molar-refractivity contribution in [3.63, 3.8) is 0 Å². The van der Waals surface area contributed by atoms with Crippen molar-refractivity contribution in [2.45, 2.75) is 37.8 Å². The fraction of sp³-hybridized carbons (Fsp3) is 0.500.